The molecule has 1 saturated heterocycles. The Bertz CT molecular complexity index is 971. The van der Waals surface area contributed by atoms with Crippen LogP contribution in [0.5, 0.6) is 0 Å². The number of H-pyrrole nitrogens is 1. The van der Waals surface area contributed by atoms with E-state index in [0.717, 1.165) is 30.5 Å². The van der Waals surface area contributed by atoms with E-state index in [1.165, 1.54) is 5.39 Å². The van der Waals surface area contributed by atoms with E-state index in [1.807, 2.05) is 36.3 Å². The molecule has 6 heteroatoms. The van der Waals surface area contributed by atoms with Crippen LogP contribution in [0.1, 0.15) is 35.4 Å². The molecule has 140 valence electrons. The number of carbonyl (C=O) groups is 2. The Morgan fingerprint density at radius 3 is 2.96 bits per heavy atom. The first-order valence-corrected chi connectivity index (χ1v) is 9.48. The number of fused-ring (bicyclic) bond motifs is 1. The lowest BCUT2D eigenvalue weighted by atomic mass is 9.93. The van der Waals surface area contributed by atoms with Gasteiger partial charge in [0.15, 0.2) is 5.82 Å². The Morgan fingerprint density at radius 2 is 2.15 bits per heavy atom. The molecular weight excluding hydrogens is 340 g/mol. The summed E-state index contributed by atoms with van der Waals surface area (Å²) in [5.74, 6) is 0.485. The van der Waals surface area contributed by atoms with Gasteiger partial charge in [-0.05, 0) is 30.9 Å². The maximum Gasteiger partial charge on any atom is 0.222 e. The van der Waals surface area contributed by atoms with Crippen molar-refractivity contribution in [2.24, 2.45) is 13.0 Å². The topological polar surface area (TPSA) is 71.0 Å². The number of piperidine rings is 1. The monoisotopic (exact) mass is 364 g/mol. The molecule has 0 radical (unpaired) electrons. The van der Waals surface area contributed by atoms with Gasteiger partial charge in [-0.2, -0.15) is 0 Å². The Morgan fingerprint density at radius 1 is 1.30 bits per heavy atom. The van der Waals surface area contributed by atoms with Crippen LogP contribution in [0.3, 0.4) is 0 Å². The average Bonchev–Trinajstić information content (AvgIpc) is 3.31. The van der Waals surface area contributed by atoms with Gasteiger partial charge in [-0.25, -0.2) is 4.98 Å². The Kier molecular flexibility index (Phi) is 4.79. The fraction of sp³-hybridized carbons (Fsp3) is 0.381. The number of hydrogen-bond acceptors (Lipinski definition) is 3. The fourth-order valence-electron chi connectivity index (χ4n) is 3.94. The number of benzene rings is 1. The molecule has 6 nitrogen and oxygen atoms in total. The van der Waals surface area contributed by atoms with Gasteiger partial charge in [-0.15, -0.1) is 0 Å². The molecule has 1 fully saturated rings. The lowest BCUT2D eigenvalue weighted by Gasteiger charge is -2.32. The van der Waals surface area contributed by atoms with Gasteiger partial charge in [-0.1, -0.05) is 18.2 Å². The molecule has 27 heavy (non-hydrogen) atoms. The van der Waals surface area contributed by atoms with Gasteiger partial charge in [0.1, 0.15) is 0 Å². The van der Waals surface area contributed by atoms with Crippen LogP contribution >= 0.6 is 0 Å². The summed E-state index contributed by atoms with van der Waals surface area (Å²) in [6.07, 6.45) is 8.25. The number of Topliss-reactive ketones (excluding diaryl/α,β-unsaturated/α-hetero) is 1. The summed E-state index contributed by atoms with van der Waals surface area (Å²) in [4.78, 5) is 34.7. The summed E-state index contributed by atoms with van der Waals surface area (Å²) in [6, 6.07) is 8.13. The van der Waals surface area contributed by atoms with Gasteiger partial charge in [-0.3, -0.25) is 9.59 Å². The van der Waals surface area contributed by atoms with E-state index >= 15 is 0 Å². The van der Waals surface area contributed by atoms with Crippen molar-refractivity contribution < 1.29 is 9.59 Å². The number of hydrogen-bond donors (Lipinski definition) is 1. The van der Waals surface area contributed by atoms with Gasteiger partial charge in [0.25, 0.3) is 0 Å². The van der Waals surface area contributed by atoms with Crippen molar-refractivity contribution >= 4 is 22.6 Å². The Hall–Kier alpha value is -2.89. The Labute approximate surface area is 158 Å². The van der Waals surface area contributed by atoms with Gasteiger partial charge < -0.3 is 14.5 Å². The molecule has 1 aliphatic heterocycles. The third-order valence-electron chi connectivity index (χ3n) is 5.47. The predicted octanol–water partition coefficient (Wildman–Crippen LogP) is 2.96. The number of ketones is 1. The Balaban J connectivity index is 1.38. The smallest absolute Gasteiger partial charge is 0.222 e. The summed E-state index contributed by atoms with van der Waals surface area (Å²) < 4.78 is 1.75. The molecule has 1 amide bonds. The van der Waals surface area contributed by atoms with E-state index < -0.39 is 0 Å². The zero-order valence-electron chi connectivity index (χ0n) is 15.5. The lowest BCUT2D eigenvalue weighted by molar-refractivity contribution is -0.132. The lowest BCUT2D eigenvalue weighted by Crippen LogP contribution is -2.42. The molecule has 1 N–H and O–H groups in total. The summed E-state index contributed by atoms with van der Waals surface area (Å²) in [5, 5.41) is 1.17. The highest BCUT2D eigenvalue weighted by molar-refractivity contribution is 5.95. The van der Waals surface area contributed by atoms with E-state index in [2.05, 4.69) is 16.0 Å². The van der Waals surface area contributed by atoms with Crippen molar-refractivity contribution in [3.8, 4) is 0 Å². The maximum absolute atomic E-state index is 12.7. The predicted molar refractivity (Wildman–Crippen MR) is 103 cm³/mol. The number of aromatic amines is 1. The molecule has 0 aliphatic carbocycles. The molecule has 1 atom stereocenters. The zero-order valence-corrected chi connectivity index (χ0v) is 15.5. The second kappa shape index (κ2) is 7.39. The van der Waals surface area contributed by atoms with Crippen LogP contribution in [0.4, 0.5) is 0 Å². The number of carbonyl (C=O) groups excluding carboxylic acids is 2. The van der Waals surface area contributed by atoms with Gasteiger partial charge in [0.2, 0.25) is 11.7 Å². The van der Waals surface area contributed by atoms with Gasteiger partial charge in [0, 0.05) is 62.0 Å². The molecule has 0 saturated carbocycles. The highest BCUT2D eigenvalue weighted by atomic mass is 16.2. The van der Waals surface area contributed by atoms with E-state index in [-0.39, 0.29) is 17.6 Å². The van der Waals surface area contributed by atoms with Crippen LogP contribution in [0.25, 0.3) is 10.9 Å². The molecule has 0 spiro atoms. The highest BCUT2D eigenvalue weighted by Gasteiger charge is 2.30. The molecule has 2 aromatic heterocycles. The molecule has 1 aromatic carbocycles. The van der Waals surface area contributed by atoms with Crippen LogP contribution in [0, 0.1) is 5.92 Å². The number of nitrogens with one attached hydrogen (secondary N) is 1. The number of aromatic nitrogens is 3. The third kappa shape index (κ3) is 3.52. The average molecular weight is 364 g/mol. The van der Waals surface area contributed by atoms with Gasteiger partial charge in [0.05, 0.1) is 0 Å². The molecule has 3 heterocycles. The van der Waals surface area contributed by atoms with Crippen molar-refractivity contribution in [2.45, 2.75) is 25.7 Å². The first-order chi connectivity index (χ1) is 13.1. The number of nitrogens with zero attached hydrogens (tertiary/aromatic N) is 3. The summed E-state index contributed by atoms with van der Waals surface area (Å²) in [7, 11) is 1.83. The number of likely N-dealkylation sites (tertiary alicyclic amines) is 1. The standard InChI is InChI=1S/C21H24N4O2/c1-24-12-10-22-21(24)20(27)16-5-4-11-25(14-16)19(26)9-8-15-13-23-18-7-3-2-6-17(15)18/h2-3,6-7,10,12-13,16,23H,4-5,8-9,11,14H2,1H3. The molecule has 0 bridgehead atoms. The number of rotatable bonds is 5. The second-order valence-corrected chi connectivity index (χ2v) is 7.26. The van der Waals surface area contributed by atoms with Crippen LogP contribution in [0.2, 0.25) is 0 Å². The van der Waals surface area contributed by atoms with Crippen molar-refractivity contribution in [1.82, 2.24) is 19.4 Å². The third-order valence-corrected chi connectivity index (χ3v) is 5.47. The van der Waals surface area contributed by atoms with E-state index in [0.29, 0.717) is 25.2 Å². The van der Waals surface area contributed by atoms with Crippen molar-refractivity contribution in [1.29, 1.82) is 0 Å². The number of para-hydroxylation sites is 1. The molecule has 1 aliphatic rings. The van der Waals surface area contributed by atoms with Crippen LogP contribution in [-0.2, 0) is 18.3 Å². The highest BCUT2D eigenvalue weighted by Crippen LogP contribution is 2.23. The van der Waals surface area contributed by atoms with Crippen molar-refractivity contribution in [2.75, 3.05) is 13.1 Å². The van der Waals surface area contributed by atoms with Crippen LogP contribution in [0.15, 0.2) is 42.9 Å². The summed E-state index contributed by atoms with van der Waals surface area (Å²) in [6.45, 7) is 1.23. The minimum atomic E-state index is -0.156. The largest absolute Gasteiger partial charge is 0.361 e. The quantitative estimate of drug-likeness (QED) is 0.708. The minimum absolute atomic E-state index is 0.0385. The minimum Gasteiger partial charge on any atom is -0.361 e. The van der Waals surface area contributed by atoms with Crippen LogP contribution in [-0.4, -0.2) is 44.2 Å². The number of amides is 1. The van der Waals surface area contributed by atoms with Crippen molar-refractivity contribution in [3.05, 3.63) is 54.2 Å². The molecule has 4 rings (SSSR count). The van der Waals surface area contributed by atoms with E-state index in [4.69, 9.17) is 0 Å². The van der Waals surface area contributed by atoms with E-state index in [1.54, 1.807) is 17.0 Å². The van der Waals surface area contributed by atoms with Gasteiger partial charge >= 0.3 is 0 Å². The van der Waals surface area contributed by atoms with Crippen LogP contribution < -0.4 is 0 Å². The first-order valence-electron chi connectivity index (χ1n) is 9.48. The fourth-order valence-corrected chi connectivity index (χ4v) is 3.94. The normalized spacial score (nSPS) is 17.4. The zero-order chi connectivity index (χ0) is 18.8. The second-order valence-electron chi connectivity index (χ2n) is 7.26. The molecule has 1 unspecified atom stereocenters. The summed E-state index contributed by atoms with van der Waals surface area (Å²) in [5.41, 5.74) is 2.26. The number of aryl methyl sites for hydroxylation is 2. The SMILES string of the molecule is Cn1ccnc1C(=O)C1CCCN(C(=O)CCc2c[nH]c3ccccc23)C1. The summed E-state index contributed by atoms with van der Waals surface area (Å²) >= 11 is 0. The first kappa shape index (κ1) is 17.5. The number of imidazole rings is 1. The van der Waals surface area contributed by atoms with E-state index in [9.17, 15) is 9.59 Å². The molecular formula is C21H24N4O2. The maximum atomic E-state index is 12.7. The van der Waals surface area contributed by atoms with Crippen molar-refractivity contribution in [3.63, 3.8) is 0 Å². The molecule has 3 aromatic rings.